The van der Waals surface area contributed by atoms with E-state index in [4.69, 9.17) is 14.9 Å². The number of nitrogens with one attached hydrogen (secondary N) is 2. The number of carboxylic acids is 1. The molecule has 0 heterocycles. The summed E-state index contributed by atoms with van der Waals surface area (Å²) in [5.41, 5.74) is 4.59. The molecule has 2 aromatic carbocycles. The van der Waals surface area contributed by atoms with Gasteiger partial charge in [-0.3, -0.25) is 4.79 Å². The molecule has 0 bridgehead atoms. The van der Waals surface area contributed by atoms with Crippen molar-refractivity contribution in [2.75, 3.05) is 13.2 Å². The van der Waals surface area contributed by atoms with E-state index in [0.29, 0.717) is 0 Å². The van der Waals surface area contributed by atoms with Crippen molar-refractivity contribution in [1.82, 2.24) is 10.6 Å². The van der Waals surface area contributed by atoms with Crippen LogP contribution in [-0.2, 0) is 14.3 Å². The molecule has 8 heteroatoms. The third kappa shape index (κ3) is 5.01. The van der Waals surface area contributed by atoms with Gasteiger partial charge in [-0.15, -0.1) is 0 Å². The summed E-state index contributed by atoms with van der Waals surface area (Å²) in [5, 5.41) is 23.3. The van der Waals surface area contributed by atoms with Crippen LogP contribution in [0.4, 0.5) is 4.79 Å². The van der Waals surface area contributed by atoms with E-state index >= 15 is 0 Å². The Morgan fingerprint density at radius 2 is 1.64 bits per heavy atom. The van der Waals surface area contributed by atoms with Crippen molar-refractivity contribution in [3.63, 3.8) is 0 Å². The molecule has 0 saturated heterocycles. The van der Waals surface area contributed by atoms with Gasteiger partial charge in [0.05, 0.1) is 6.61 Å². The Kier molecular flexibility index (Phi) is 6.93. The zero-order valence-electron chi connectivity index (χ0n) is 18.2. The van der Waals surface area contributed by atoms with Crippen molar-refractivity contribution < 1.29 is 29.3 Å². The molecule has 0 aliphatic heterocycles. The highest BCUT2D eigenvalue weighted by Crippen LogP contribution is 2.44. The number of rotatable bonds is 8. The second-order valence-corrected chi connectivity index (χ2v) is 8.61. The van der Waals surface area contributed by atoms with Gasteiger partial charge < -0.3 is 25.6 Å². The summed E-state index contributed by atoms with van der Waals surface area (Å²) >= 11 is 0. The number of carbonyl (C=O) groups excluding carboxylic acids is 2. The molecule has 0 radical (unpaired) electrons. The van der Waals surface area contributed by atoms with Gasteiger partial charge in [-0.2, -0.15) is 0 Å². The lowest BCUT2D eigenvalue weighted by Gasteiger charge is -2.22. The molecule has 2 amide bonds. The average molecular weight is 453 g/mol. The molecule has 2 aliphatic carbocycles. The van der Waals surface area contributed by atoms with Gasteiger partial charge in [-0.25, -0.2) is 9.59 Å². The van der Waals surface area contributed by atoms with E-state index in [1.165, 1.54) is 0 Å². The maximum Gasteiger partial charge on any atom is 0.407 e. The summed E-state index contributed by atoms with van der Waals surface area (Å²) in [6, 6.07) is 14.7. The Morgan fingerprint density at radius 1 is 1.00 bits per heavy atom. The summed E-state index contributed by atoms with van der Waals surface area (Å²) in [7, 11) is 0. The molecule has 1 saturated carbocycles. The van der Waals surface area contributed by atoms with Crippen LogP contribution in [0.5, 0.6) is 0 Å². The number of fused-ring (bicyclic) bond motifs is 3. The minimum absolute atomic E-state index is 0.0280. The molecule has 1 fully saturated rings. The number of aliphatic hydroxyl groups is 1. The first-order valence-corrected chi connectivity index (χ1v) is 11.2. The Balaban J connectivity index is 1.33. The van der Waals surface area contributed by atoms with E-state index in [0.717, 1.165) is 41.5 Å². The highest BCUT2D eigenvalue weighted by molar-refractivity contribution is 5.84. The van der Waals surface area contributed by atoms with Crippen LogP contribution in [0.2, 0.25) is 0 Å². The molecule has 0 spiro atoms. The van der Waals surface area contributed by atoms with Crippen molar-refractivity contribution in [2.45, 2.75) is 43.7 Å². The Labute approximate surface area is 192 Å². The summed E-state index contributed by atoms with van der Waals surface area (Å²) in [5.74, 6) is -1.88. The van der Waals surface area contributed by atoms with Crippen molar-refractivity contribution >= 4 is 18.0 Å². The zero-order chi connectivity index (χ0) is 23.4. The number of carbonyl (C=O) groups is 3. The normalized spacial score (nSPS) is 19.9. The first kappa shape index (κ1) is 22.8. The fourth-order valence-electron chi connectivity index (χ4n) is 4.94. The van der Waals surface area contributed by atoms with Crippen molar-refractivity contribution in [3.05, 3.63) is 59.7 Å². The van der Waals surface area contributed by atoms with Gasteiger partial charge in [-0.05, 0) is 41.0 Å². The predicted octanol–water partition coefficient (Wildman–Crippen LogP) is 2.65. The number of ether oxygens (including phenoxy) is 1. The van der Waals surface area contributed by atoms with E-state index < -0.39 is 30.6 Å². The number of carboxylic acid groups (broad SMARTS) is 1. The third-order valence-corrected chi connectivity index (χ3v) is 6.57. The summed E-state index contributed by atoms with van der Waals surface area (Å²) < 4.78 is 5.61. The third-order valence-electron chi connectivity index (χ3n) is 6.57. The number of aliphatic hydroxyl groups excluding tert-OH is 1. The Bertz CT molecular complexity index is 994. The lowest BCUT2D eigenvalue weighted by molar-refractivity contribution is -0.143. The molecule has 3 atom stereocenters. The molecule has 2 aromatic rings. The molecule has 174 valence electrons. The molecule has 0 aromatic heterocycles. The van der Waals surface area contributed by atoms with Gasteiger partial charge in [0.2, 0.25) is 5.91 Å². The predicted molar refractivity (Wildman–Crippen MR) is 121 cm³/mol. The van der Waals surface area contributed by atoms with Crippen LogP contribution in [0.15, 0.2) is 48.5 Å². The topological polar surface area (TPSA) is 125 Å². The summed E-state index contributed by atoms with van der Waals surface area (Å²) in [4.78, 5) is 35.8. The number of hydrogen-bond acceptors (Lipinski definition) is 5. The molecule has 2 aliphatic rings. The van der Waals surface area contributed by atoms with Crippen LogP contribution in [0.25, 0.3) is 11.1 Å². The van der Waals surface area contributed by atoms with Gasteiger partial charge in [-0.1, -0.05) is 55.0 Å². The van der Waals surface area contributed by atoms with Crippen LogP contribution in [0, 0.1) is 5.92 Å². The molecule has 8 nitrogen and oxygen atoms in total. The second-order valence-electron chi connectivity index (χ2n) is 8.61. The van der Waals surface area contributed by atoms with E-state index in [1.807, 2.05) is 24.3 Å². The van der Waals surface area contributed by atoms with Crippen LogP contribution >= 0.6 is 0 Å². The van der Waals surface area contributed by atoms with E-state index in [-0.39, 0.29) is 30.9 Å². The van der Waals surface area contributed by atoms with Crippen LogP contribution < -0.4 is 10.6 Å². The quantitative estimate of drug-likeness (QED) is 0.488. The lowest BCUT2D eigenvalue weighted by atomic mass is 9.98. The van der Waals surface area contributed by atoms with Crippen LogP contribution in [-0.4, -0.2) is 53.5 Å². The molecule has 33 heavy (non-hydrogen) atoms. The van der Waals surface area contributed by atoms with E-state index in [2.05, 4.69) is 34.9 Å². The summed E-state index contributed by atoms with van der Waals surface area (Å²) in [6.07, 6.45) is 1.89. The van der Waals surface area contributed by atoms with E-state index in [9.17, 15) is 14.4 Å². The van der Waals surface area contributed by atoms with Crippen LogP contribution in [0.1, 0.15) is 42.7 Å². The first-order chi connectivity index (χ1) is 16.0. The Morgan fingerprint density at radius 3 is 2.24 bits per heavy atom. The van der Waals surface area contributed by atoms with Crippen molar-refractivity contribution in [1.29, 1.82) is 0 Å². The van der Waals surface area contributed by atoms with Crippen molar-refractivity contribution in [3.8, 4) is 11.1 Å². The highest BCUT2D eigenvalue weighted by atomic mass is 16.5. The smallest absolute Gasteiger partial charge is 0.407 e. The zero-order valence-corrected chi connectivity index (χ0v) is 18.2. The number of alkyl carbamates (subject to hydrolysis) is 1. The summed E-state index contributed by atoms with van der Waals surface area (Å²) in [6.45, 7) is -0.457. The Hall–Kier alpha value is -3.39. The van der Waals surface area contributed by atoms with Gasteiger partial charge in [0.15, 0.2) is 0 Å². The molecular formula is C25H28N2O6. The number of amides is 2. The lowest BCUT2D eigenvalue weighted by Crippen LogP contribution is -2.45. The fraction of sp³-hybridized carbons (Fsp3) is 0.400. The SMILES string of the molecule is O=C(CC1CCCC1NC(=O)OCC1c2ccccc2-c2ccccc21)N[C@@H](CO)C(=O)O. The van der Waals surface area contributed by atoms with Crippen molar-refractivity contribution in [2.24, 2.45) is 5.92 Å². The average Bonchev–Trinajstić information content (AvgIpc) is 3.37. The standard InChI is InChI=1S/C25H28N2O6/c28-13-22(24(30)31)26-23(29)12-15-6-5-11-21(15)27-25(32)33-14-20-18-9-3-1-7-16(18)17-8-2-4-10-19(17)20/h1-4,7-10,15,20-22,28H,5-6,11-14H2,(H,26,29)(H,27,32)(H,30,31)/t15?,21?,22-/m0/s1. The number of aliphatic carboxylic acids is 1. The van der Waals surface area contributed by atoms with Gasteiger partial charge >= 0.3 is 12.1 Å². The van der Waals surface area contributed by atoms with Gasteiger partial charge in [0.25, 0.3) is 0 Å². The molecule has 4 rings (SSSR count). The van der Waals surface area contributed by atoms with Crippen LogP contribution in [0.3, 0.4) is 0 Å². The van der Waals surface area contributed by atoms with Gasteiger partial charge in [0, 0.05) is 18.4 Å². The number of hydrogen-bond donors (Lipinski definition) is 4. The minimum Gasteiger partial charge on any atom is -0.480 e. The fourth-order valence-corrected chi connectivity index (χ4v) is 4.94. The number of benzene rings is 2. The molecule has 2 unspecified atom stereocenters. The van der Waals surface area contributed by atoms with Gasteiger partial charge in [0.1, 0.15) is 12.6 Å². The molecule has 4 N–H and O–H groups in total. The minimum atomic E-state index is -1.33. The maximum atomic E-state index is 12.6. The largest absolute Gasteiger partial charge is 0.480 e. The molecular weight excluding hydrogens is 424 g/mol. The monoisotopic (exact) mass is 452 g/mol. The van der Waals surface area contributed by atoms with E-state index in [1.54, 1.807) is 0 Å². The second kappa shape index (κ2) is 10.0. The first-order valence-electron chi connectivity index (χ1n) is 11.2. The maximum absolute atomic E-state index is 12.6. The highest BCUT2D eigenvalue weighted by Gasteiger charge is 2.33.